The molecule has 1 aliphatic heterocycles. The van der Waals surface area contributed by atoms with Crippen LogP contribution in [0.15, 0.2) is 0 Å². The highest BCUT2D eigenvalue weighted by molar-refractivity contribution is 7.93. The van der Waals surface area contributed by atoms with Crippen LogP contribution >= 0.6 is 0 Å². The van der Waals surface area contributed by atoms with Gasteiger partial charge in [-0.15, -0.1) is 0 Å². The normalized spacial score (nSPS) is 36.5. The van der Waals surface area contributed by atoms with Crippen molar-refractivity contribution in [2.24, 2.45) is 5.73 Å². The number of hydrogen-bond donors (Lipinski definition) is 1. The lowest BCUT2D eigenvalue weighted by molar-refractivity contribution is 0.267. The predicted octanol–water partition coefficient (Wildman–Crippen LogP) is 0.835. The van der Waals surface area contributed by atoms with Crippen molar-refractivity contribution in [3.8, 4) is 0 Å². The van der Waals surface area contributed by atoms with Crippen LogP contribution in [0, 0.1) is 0 Å². The molecular weight excluding hydrogens is 186 g/mol. The lowest BCUT2D eigenvalue weighted by atomic mass is 9.79. The van der Waals surface area contributed by atoms with Gasteiger partial charge in [0.2, 0.25) is 0 Å². The first kappa shape index (κ1) is 9.46. The summed E-state index contributed by atoms with van der Waals surface area (Å²) < 4.78 is 22.9. The monoisotopic (exact) mass is 203 g/mol. The molecule has 0 aromatic carbocycles. The molecule has 76 valence electrons. The summed E-state index contributed by atoms with van der Waals surface area (Å²) >= 11 is 0. The average molecular weight is 203 g/mol. The maximum Gasteiger partial charge on any atom is 0.155 e. The van der Waals surface area contributed by atoms with E-state index in [2.05, 4.69) is 0 Å². The lowest BCUT2D eigenvalue weighted by Gasteiger charge is -2.44. The molecule has 1 aliphatic carbocycles. The molecule has 1 heterocycles. The van der Waals surface area contributed by atoms with E-state index in [0.29, 0.717) is 5.75 Å². The fraction of sp³-hybridized carbons (Fsp3) is 1.00. The Labute approximate surface area is 79.6 Å². The van der Waals surface area contributed by atoms with E-state index in [0.717, 1.165) is 32.1 Å². The minimum absolute atomic E-state index is 0.222. The van der Waals surface area contributed by atoms with Crippen molar-refractivity contribution in [2.45, 2.75) is 49.3 Å². The smallest absolute Gasteiger partial charge is 0.155 e. The first-order valence-corrected chi connectivity index (χ1v) is 6.77. The molecule has 1 atom stereocenters. The summed E-state index contributed by atoms with van der Waals surface area (Å²) in [6.45, 7) is 0. The van der Waals surface area contributed by atoms with Crippen molar-refractivity contribution in [3.63, 3.8) is 0 Å². The summed E-state index contributed by atoms with van der Waals surface area (Å²) in [5, 5.41) is -0.222. The molecule has 1 saturated carbocycles. The van der Waals surface area contributed by atoms with E-state index in [1.54, 1.807) is 0 Å². The predicted molar refractivity (Wildman–Crippen MR) is 52.2 cm³/mol. The van der Waals surface area contributed by atoms with Crippen molar-refractivity contribution >= 4 is 9.84 Å². The number of hydrogen-bond acceptors (Lipinski definition) is 3. The summed E-state index contributed by atoms with van der Waals surface area (Å²) in [7, 11) is -2.81. The van der Waals surface area contributed by atoms with Crippen LogP contribution in [0.1, 0.15) is 38.5 Å². The van der Waals surface area contributed by atoms with Gasteiger partial charge in [0.1, 0.15) is 0 Å². The highest BCUT2D eigenvalue weighted by Crippen LogP contribution is 2.38. The molecule has 3 nitrogen and oxygen atoms in total. The van der Waals surface area contributed by atoms with Crippen LogP contribution in [0.25, 0.3) is 0 Å². The summed E-state index contributed by atoms with van der Waals surface area (Å²) in [6.07, 6.45) is 6.00. The topological polar surface area (TPSA) is 60.2 Å². The van der Waals surface area contributed by atoms with Gasteiger partial charge in [0.15, 0.2) is 9.84 Å². The highest BCUT2D eigenvalue weighted by atomic mass is 32.2. The van der Waals surface area contributed by atoms with Gasteiger partial charge < -0.3 is 5.73 Å². The van der Waals surface area contributed by atoms with E-state index in [9.17, 15) is 8.42 Å². The minimum atomic E-state index is -2.81. The van der Waals surface area contributed by atoms with E-state index in [1.165, 1.54) is 6.42 Å². The molecule has 13 heavy (non-hydrogen) atoms. The molecule has 1 saturated heterocycles. The van der Waals surface area contributed by atoms with Crippen LogP contribution in [0.4, 0.5) is 0 Å². The van der Waals surface area contributed by atoms with Crippen LogP contribution in [0.3, 0.4) is 0 Å². The first-order chi connectivity index (χ1) is 6.05. The second-order valence-electron chi connectivity index (χ2n) is 4.44. The SMILES string of the molecule is NC1(C2CCS2(=O)=O)CCCCC1. The van der Waals surface area contributed by atoms with Crippen LogP contribution < -0.4 is 5.73 Å². The molecule has 4 heteroatoms. The Bertz CT molecular complexity index is 291. The molecule has 2 N–H and O–H groups in total. The van der Waals surface area contributed by atoms with Gasteiger partial charge in [-0.05, 0) is 19.3 Å². The van der Waals surface area contributed by atoms with E-state index >= 15 is 0 Å². The Kier molecular flexibility index (Phi) is 2.15. The second-order valence-corrected chi connectivity index (χ2v) is 6.74. The van der Waals surface area contributed by atoms with E-state index in [-0.39, 0.29) is 10.8 Å². The standard InChI is InChI=1S/C9H17NO2S/c10-9(5-2-1-3-6-9)8-4-7-13(8,11)12/h8H,1-7,10H2. The number of nitrogens with two attached hydrogens (primary N) is 1. The molecule has 0 radical (unpaired) electrons. The van der Waals surface area contributed by atoms with Gasteiger partial charge in [-0.2, -0.15) is 0 Å². The zero-order chi connectivity index (χ0) is 9.53. The third-order valence-corrected chi connectivity index (χ3v) is 5.90. The van der Waals surface area contributed by atoms with E-state index < -0.39 is 9.84 Å². The van der Waals surface area contributed by atoms with Crippen LogP contribution in [-0.2, 0) is 9.84 Å². The molecule has 0 amide bonds. The fourth-order valence-electron chi connectivity index (χ4n) is 2.61. The zero-order valence-electron chi connectivity index (χ0n) is 7.83. The van der Waals surface area contributed by atoms with Crippen LogP contribution in [0.2, 0.25) is 0 Å². The Balaban J connectivity index is 2.14. The molecule has 0 spiro atoms. The lowest BCUT2D eigenvalue weighted by Crippen LogP contribution is -2.60. The Morgan fingerprint density at radius 2 is 1.77 bits per heavy atom. The van der Waals surface area contributed by atoms with Gasteiger partial charge in [0.05, 0.1) is 11.0 Å². The van der Waals surface area contributed by atoms with Crippen molar-refractivity contribution in [1.29, 1.82) is 0 Å². The Morgan fingerprint density at radius 3 is 2.15 bits per heavy atom. The minimum Gasteiger partial charge on any atom is -0.324 e. The molecule has 1 unspecified atom stereocenters. The van der Waals surface area contributed by atoms with Crippen LogP contribution in [0.5, 0.6) is 0 Å². The first-order valence-electron chi connectivity index (χ1n) is 5.05. The maximum atomic E-state index is 11.4. The third-order valence-electron chi connectivity index (χ3n) is 3.52. The highest BCUT2D eigenvalue weighted by Gasteiger charge is 2.49. The van der Waals surface area contributed by atoms with Gasteiger partial charge in [-0.3, -0.25) is 0 Å². The van der Waals surface area contributed by atoms with E-state index in [4.69, 9.17) is 5.73 Å². The summed E-state index contributed by atoms with van der Waals surface area (Å²) in [5.41, 5.74) is 5.78. The van der Waals surface area contributed by atoms with Crippen LogP contribution in [-0.4, -0.2) is 25.0 Å². The summed E-state index contributed by atoms with van der Waals surface area (Å²) in [4.78, 5) is 0. The van der Waals surface area contributed by atoms with Gasteiger partial charge >= 0.3 is 0 Å². The van der Waals surface area contributed by atoms with Crippen molar-refractivity contribution < 1.29 is 8.42 Å². The third kappa shape index (κ3) is 1.50. The fourth-order valence-corrected chi connectivity index (χ4v) is 4.41. The zero-order valence-corrected chi connectivity index (χ0v) is 8.65. The number of rotatable bonds is 1. The van der Waals surface area contributed by atoms with Gasteiger partial charge in [-0.25, -0.2) is 8.42 Å². The number of sulfone groups is 1. The summed E-state index contributed by atoms with van der Waals surface area (Å²) in [5.74, 6) is 0.358. The molecule has 2 aliphatic rings. The quantitative estimate of drug-likeness (QED) is 0.687. The summed E-state index contributed by atoms with van der Waals surface area (Å²) in [6, 6.07) is 0. The second kappa shape index (κ2) is 2.95. The van der Waals surface area contributed by atoms with Crippen molar-refractivity contribution in [1.82, 2.24) is 0 Å². The maximum absolute atomic E-state index is 11.4. The van der Waals surface area contributed by atoms with Gasteiger partial charge in [0, 0.05) is 5.54 Å². The van der Waals surface area contributed by atoms with E-state index in [1.807, 2.05) is 0 Å². The molecule has 0 aromatic heterocycles. The van der Waals surface area contributed by atoms with Crippen molar-refractivity contribution in [2.75, 3.05) is 5.75 Å². The Hall–Kier alpha value is -0.0900. The van der Waals surface area contributed by atoms with Gasteiger partial charge in [-0.1, -0.05) is 19.3 Å². The molecular formula is C9H17NO2S. The molecule has 2 rings (SSSR count). The molecule has 2 fully saturated rings. The molecule has 0 aromatic rings. The van der Waals surface area contributed by atoms with Crippen molar-refractivity contribution in [3.05, 3.63) is 0 Å². The Morgan fingerprint density at radius 1 is 1.15 bits per heavy atom. The average Bonchev–Trinajstić information content (AvgIpc) is 2.03. The largest absolute Gasteiger partial charge is 0.324 e. The molecule has 0 bridgehead atoms. The van der Waals surface area contributed by atoms with Gasteiger partial charge in [0.25, 0.3) is 0 Å².